The van der Waals surface area contributed by atoms with Crippen LogP contribution >= 0.6 is 0 Å². The Morgan fingerprint density at radius 2 is 1.89 bits per heavy atom. The fourth-order valence-corrected chi connectivity index (χ4v) is 4.53. The van der Waals surface area contributed by atoms with Crippen molar-refractivity contribution in [3.8, 4) is 0 Å². The minimum atomic E-state index is -3.55. The molecule has 0 unspecified atom stereocenters. The highest BCUT2D eigenvalue weighted by Gasteiger charge is 2.29. The van der Waals surface area contributed by atoms with Crippen molar-refractivity contribution in [2.75, 3.05) is 50.1 Å². The maximum absolute atomic E-state index is 12.6. The Labute approximate surface area is 157 Å². The number of hydrogen-bond donors (Lipinski definition) is 0. The first-order valence-corrected chi connectivity index (χ1v) is 9.97. The van der Waals surface area contributed by atoms with Crippen LogP contribution in [0.1, 0.15) is 0 Å². The van der Waals surface area contributed by atoms with E-state index in [0.717, 1.165) is 28.7 Å². The normalized spacial score (nSPS) is 16.0. The molecule has 27 heavy (non-hydrogen) atoms. The van der Waals surface area contributed by atoms with Crippen molar-refractivity contribution >= 4 is 32.4 Å². The summed E-state index contributed by atoms with van der Waals surface area (Å²) in [6.07, 6.45) is 3.95. The highest BCUT2D eigenvalue weighted by Crippen LogP contribution is 2.28. The Bertz CT molecular complexity index is 1040. The number of aromatic nitrogens is 3. The molecule has 1 aromatic carbocycles. The van der Waals surface area contributed by atoms with Gasteiger partial charge in [-0.15, -0.1) is 0 Å². The topological polar surface area (TPSA) is 95.7 Å². The van der Waals surface area contributed by atoms with E-state index in [-0.39, 0.29) is 4.90 Å². The molecule has 0 radical (unpaired) electrons. The van der Waals surface area contributed by atoms with Gasteiger partial charge in [-0.3, -0.25) is 0 Å². The molecule has 1 aliphatic heterocycles. The van der Waals surface area contributed by atoms with Crippen LogP contribution < -0.4 is 9.80 Å². The highest BCUT2D eigenvalue weighted by molar-refractivity contribution is 7.89. The maximum atomic E-state index is 12.6. The van der Waals surface area contributed by atoms with E-state index in [1.165, 1.54) is 10.5 Å². The van der Waals surface area contributed by atoms with Crippen molar-refractivity contribution in [1.82, 2.24) is 19.4 Å². The molecule has 1 fully saturated rings. The molecule has 3 aromatic rings. The number of rotatable bonds is 4. The molecule has 0 N–H and O–H groups in total. The number of anilines is 2. The van der Waals surface area contributed by atoms with Crippen molar-refractivity contribution in [3.05, 3.63) is 37.0 Å². The van der Waals surface area contributed by atoms with Gasteiger partial charge in [-0.1, -0.05) is 5.16 Å². The van der Waals surface area contributed by atoms with Crippen LogP contribution in [0.15, 0.2) is 46.4 Å². The Kier molecular flexibility index (Phi) is 4.44. The second-order valence-electron chi connectivity index (χ2n) is 6.54. The molecule has 142 valence electrons. The van der Waals surface area contributed by atoms with Gasteiger partial charge in [0, 0.05) is 51.3 Å². The van der Waals surface area contributed by atoms with Gasteiger partial charge in [0.1, 0.15) is 23.3 Å². The van der Waals surface area contributed by atoms with E-state index in [9.17, 15) is 8.42 Å². The second kappa shape index (κ2) is 6.78. The average molecular weight is 388 g/mol. The number of fused-ring (bicyclic) bond motifs is 1. The number of sulfonamides is 1. The fraction of sp³-hybridized carbons (Fsp3) is 0.353. The molecule has 0 bridgehead atoms. The third-order valence-electron chi connectivity index (χ3n) is 4.67. The van der Waals surface area contributed by atoms with Crippen molar-refractivity contribution in [2.24, 2.45) is 0 Å². The van der Waals surface area contributed by atoms with E-state index in [0.29, 0.717) is 26.2 Å². The van der Waals surface area contributed by atoms with Crippen LogP contribution in [0.25, 0.3) is 10.9 Å². The van der Waals surface area contributed by atoms with Crippen LogP contribution in [-0.2, 0) is 10.0 Å². The first kappa shape index (κ1) is 17.7. The molecule has 9 nitrogen and oxygen atoms in total. The van der Waals surface area contributed by atoms with Crippen LogP contribution in [0, 0.1) is 0 Å². The molecule has 10 heteroatoms. The third-order valence-corrected chi connectivity index (χ3v) is 6.52. The summed E-state index contributed by atoms with van der Waals surface area (Å²) >= 11 is 0. The standard InChI is InChI=1S/C17H20N6O3S/c1-21(2)17-15-9-13(3-4-16(15)18-12-19-17)22-5-7-23(8-6-22)27(24,25)14-10-20-26-11-14/h3-4,9-12H,5-8H2,1-2H3. The Morgan fingerprint density at radius 1 is 1.11 bits per heavy atom. The quantitative estimate of drug-likeness (QED) is 0.658. The lowest BCUT2D eigenvalue weighted by atomic mass is 10.1. The SMILES string of the molecule is CN(C)c1ncnc2ccc(N3CCN(S(=O)(=O)c4cnoc4)CC3)cc12. The molecule has 0 aliphatic carbocycles. The summed E-state index contributed by atoms with van der Waals surface area (Å²) in [6, 6.07) is 6.05. The summed E-state index contributed by atoms with van der Waals surface area (Å²) in [6.45, 7) is 2.00. The minimum Gasteiger partial charge on any atom is -0.369 e. The van der Waals surface area contributed by atoms with Crippen molar-refractivity contribution < 1.29 is 12.9 Å². The number of nitrogens with zero attached hydrogens (tertiary/aromatic N) is 6. The van der Waals surface area contributed by atoms with E-state index in [2.05, 4.69) is 30.6 Å². The van der Waals surface area contributed by atoms with Gasteiger partial charge >= 0.3 is 0 Å². The van der Waals surface area contributed by atoms with Crippen molar-refractivity contribution in [3.63, 3.8) is 0 Å². The summed E-state index contributed by atoms with van der Waals surface area (Å²) in [5.74, 6) is 0.857. The molecule has 1 aliphatic rings. The monoisotopic (exact) mass is 388 g/mol. The highest BCUT2D eigenvalue weighted by atomic mass is 32.2. The summed E-state index contributed by atoms with van der Waals surface area (Å²) < 4.78 is 31.3. The molecule has 2 aromatic heterocycles. The summed E-state index contributed by atoms with van der Waals surface area (Å²) in [4.78, 5) is 12.9. The van der Waals surface area contributed by atoms with E-state index in [1.807, 2.05) is 31.1 Å². The predicted octanol–water partition coefficient (Wildman–Crippen LogP) is 1.19. The predicted molar refractivity (Wildman–Crippen MR) is 101 cm³/mol. The van der Waals surface area contributed by atoms with Crippen LogP contribution in [0.4, 0.5) is 11.5 Å². The van der Waals surface area contributed by atoms with E-state index in [4.69, 9.17) is 0 Å². The zero-order valence-electron chi connectivity index (χ0n) is 15.1. The second-order valence-corrected chi connectivity index (χ2v) is 8.48. The van der Waals surface area contributed by atoms with Gasteiger partial charge in [0.25, 0.3) is 0 Å². The van der Waals surface area contributed by atoms with Crippen LogP contribution in [0.3, 0.4) is 0 Å². The average Bonchev–Trinajstić information content (AvgIpc) is 3.23. The fourth-order valence-electron chi connectivity index (χ4n) is 3.24. The lowest BCUT2D eigenvalue weighted by Gasteiger charge is -2.35. The number of hydrogen-bond acceptors (Lipinski definition) is 8. The van der Waals surface area contributed by atoms with E-state index < -0.39 is 10.0 Å². The van der Waals surface area contributed by atoms with E-state index >= 15 is 0 Å². The first-order valence-electron chi connectivity index (χ1n) is 8.53. The van der Waals surface area contributed by atoms with Gasteiger partial charge in [-0.2, -0.15) is 4.31 Å². The Hall–Kier alpha value is -2.72. The van der Waals surface area contributed by atoms with Gasteiger partial charge in [0.2, 0.25) is 10.0 Å². The maximum Gasteiger partial charge on any atom is 0.248 e. The van der Waals surface area contributed by atoms with Gasteiger partial charge in [-0.25, -0.2) is 18.4 Å². The van der Waals surface area contributed by atoms with Crippen LogP contribution in [0.5, 0.6) is 0 Å². The Balaban J connectivity index is 1.56. The first-order chi connectivity index (χ1) is 13.0. The zero-order chi connectivity index (χ0) is 19.0. The number of piperazine rings is 1. The molecule has 0 amide bonds. The third kappa shape index (κ3) is 3.21. The molecule has 3 heterocycles. The van der Waals surface area contributed by atoms with Gasteiger partial charge in [0.05, 0.1) is 11.7 Å². The van der Waals surface area contributed by atoms with Gasteiger partial charge < -0.3 is 14.3 Å². The molecular formula is C17H20N6O3S. The smallest absolute Gasteiger partial charge is 0.248 e. The molecule has 0 atom stereocenters. The lowest BCUT2D eigenvalue weighted by Crippen LogP contribution is -2.48. The van der Waals surface area contributed by atoms with Crippen molar-refractivity contribution in [1.29, 1.82) is 0 Å². The number of benzene rings is 1. The molecule has 0 saturated carbocycles. The van der Waals surface area contributed by atoms with Gasteiger partial charge in [0.15, 0.2) is 0 Å². The van der Waals surface area contributed by atoms with Crippen molar-refractivity contribution in [2.45, 2.75) is 4.90 Å². The largest absolute Gasteiger partial charge is 0.369 e. The zero-order valence-corrected chi connectivity index (χ0v) is 15.9. The Morgan fingerprint density at radius 3 is 2.56 bits per heavy atom. The van der Waals surface area contributed by atoms with E-state index in [1.54, 1.807) is 6.33 Å². The summed E-state index contributed by atoms with van der Waals surface area (Å²) in [5.41, 5.74) is 1.91. The molecule has 1 saturated heterocycles. The summed E-state index contributed by atoms with van der Waals surface area (Å²) in [5, 5.41) is 4.46. The summed E-state index contributed by atoms with van der Waals surface area (Å²) in [7, 11) is 0.341. The molecular weight excluding hydrogens is 368 g/mol. The lowest BCUT2D eigenvalue weighted by molar-refractivity contribution is 0.383. The van der Waals surface area contributed by atoms with Gasteiger partial charge in [-0.05, 0) is 18.2 Å². The molecule has 4 rings (SSSR count). The molecule has 0 spiro atoms. The minimum absolute atomic E-state index is 0.0921. The van der Waals surface area contributed by atoms with Crippen LogP contribution in [-0.4, -0.2) is 68.1 Å². The van der Waals surface area contributed by atoms with Crippen LogP contribution in [0.2, 0.25) is 0 Å².